The molecule has 44 heavy (non-hydrogen) atoms. The SMILES string of the molecule is c1ccc([Si](c2ccccc2)(c2ccccc2)c2ccccc2-c2ccccc2-c2nccc3c2sc2ccccc23)cc1. The molecule has 2 aromatic heterocycles. The van der Waals surface area contributed by atoms with E-state index in [1.165, 1.54) is 52.0 Å². The highest BCUT2D eigenvalue weighted by molar-refractivity contribution is 7.26. The normalized spacial score (nSPS) is 11.6. The predicted octanol–water partition coefficient (Wildman–Crippen LogP) is 8.16. The van der Waals surface area contributed by atoms with Gasteiger partial charge in [-0.05, 0) is 44.0 Å². The summed E-state index contributed by atoms with van der Waals surface area (Å²) >= 11 is 1.83. The first-order valence-corrected chi connectivity index (χ1v) is 17.8. The maximum atomic E-state index is 5.05. The van der Waals surface area contributed by atoms with Crippen molar-refractivity contribution in [3.05, 3.63) is 176 Å². The molecule has 8 rings (SSSR count). The Morgan fingerprint density at radius 3 is 1.55 bits per heavy atom. The highest BCUT2D eigenvalue weighted by Gasteiger charge is 2.43. The van der Waals surface area contributed by atoms with E-state index in [2.05, 4.69) is 170 Å². The van der Waals surface area contributed by atoms with Crippen LogP contribution in [0.3, 0.4) is 0 Å². The molecule has 3 heteroatoms. The van der Waals surface area contributed by atoms with Crippen LogP contribution in [0.25, 0.3) is 42.6 Å². The van der Waals surface area contributed by atoms with E-state index >= 15 is 0 Å². The molecule has 2 heterocycles. The van der Waals surface area contributed by atoms with Crippen molar-refractivity contribution < 1.29 is 0 Å². The number of hydrogen-bond acceptors (Lipinski definition) is 2. The van der Waals surface area contributed by atoms with Crippen LogP contribution >= 0.6 is 11.3 Å². The molecule has 0 amide bonds. The van der Waals surface area contributed by atoms with Gasteiger partial charge in [-0.1, -0.05) is 158 Å². The lowest BCUT2D eigenvalue weighted by atomic mass is 9.96. The molecule has 0 atom stereocenters. The molecule has 0 bridgehead atoms. The lowest BCUT2D eigenvalue weighted by molar-refractivity contribution is 1.37. The van der Waals surface area contributed by atoms with Crippen LogP contribution in [0, 0.1) is 0 Å². The number of fused-ring (bicyclic) bond motifs is 3. The summed E-state index contributed by atoms with van der Waals surface area (Å²) in [6.07, 6.45) is 1.97. The third-order valence-corrected chi connectivity index (χ3v) is 14.8. The first-order chi connectivity index (χ1) is 21.9. The molecule has 0 spiro atoms. The van der Waals surface area contributed by atoms with E-state index in [4.69, 9.17) is 4.98 Å². The topological polar surface area (TPSA) is 12.9 Å². The molecule has 0 unspecified atom stereocenters. The van der Waals surface area contributed by atoms with Gasteiger partial charge in [-0.2, -0.15) is 0 Å². The molecule has 8 aromatic rings. The van der Waals surface area contributed by atoms with E-state index in [0.717, 1.165) is 11.3 Å². The van der Waals surface area contributed by atoms with Gasteiger partial charge in [0.2, 0.25) is 0 Å². The number of aromatic nitrogens is 1. The summed E-state index contributed by atoms with van der Waals surface area (Å²) in [6, 6.07) is 62.2. The molecule has 208 valence electrons. The Morgan fingerprint density at radius 2 is 0.909 bits per heavy atom. The third-order valence-electron chi connectivity index (χ3n) is 8.72. The van der Waals surface area contributed by atoms with Gasteiger partial charge in [0.25, 0.3) is 0 Å². The summed E-state index contributed by atoms with van der Waals surface area (Å²) in [5, 5.41) is 8.03. The zero-order valence-electron chi connectivity index (χ0n) is 24.1. The van der Waals surface area contributed by atoms with Crippen molar-refractivity contribution in [3.8, 4) is 22.4 Å². The van der Waals surface area contributed by atoms with Crippen molar-refractivity contribution in [1.82, 2.24) is 4.98 Å². The van der Waals surface area contributed by atoms with Gasteiger partial charge >= 0.3 is 0 Å². The van der Waals surface area contributed by atoms with Crippen LogP contribution in [0.15, 0.2) is 176 Å². The molecular weight excluding hydrogens is 567 g/mol. The summed E-state index contributed by atoms with van der Waals surface area (Å²) in [6.45, 7) is 0. The average Bonchev–Trinajstić information content (AvgIpc) is 3.50. The van der Waals surface area contributed by atoms with E-state index in [1.54, 1.807) is 0 Å². The largest absolute Gasteiger partial charge is 0.255 e. The zero-order valence-corrected chi connectivity index (χ0v) is 25.9. The number of nitrogens with zero attached hydrogens (tertiary/aromatic N) is 1. The molecular formula is C41H29NSSi. The fourth-order valence-electron chi connectivity index (χ4n) is 6.84. The van der Waals surface area contributed by atoms with Crippen LogP contribution in [-0.4, -0.2) is 13.1 Å². The second-order valence-corrected chi connectivity index (χ2v) is 15.9. The van der Waals surface area contributed by atoms with Crippen molar-refractivity contribution in [1.29, 1.82) is 0 Å². The maximum absolute atomic E-state index is 5.05. The Hall–Kier alpha value is -5.09. The molecule has 0 aliphatic heterocycles. The lowest BCUT2D eigenvalue weighted by Gasteiger charge is -2.36. The van der Waals surface area contributed by atoms with Gasteiger partial charge < -0.3 is 0 Å². The van der Waals surface area contributed by atoms with Crippen LogP contribution in [0.1, 0.15) is 0 Å². The lowest BCUT2D eigenvalue weighted by Crippen LogP contribution is -2.75. The van der Waals surface area contributed by atoms with Gasteiger partial charge in [0.05, 0.1) is 10.4 Å². The van der Waals surface area contributed by atoms with Crippen molar-refractivity contribution in [2.24, 2.45) is 0 Å². The van der Waals surface area contributed by atoms with Gasteiger partial charge in [-0.3, -0.25) is 4.98 Å². The highest BCUT2D eigenvalue weighted by atomic mass is 32.1. The second kappa shape index (κ2) is 11.2. The third kappa shape index (κ3) is 4.24. The van der Waals surface area contributed by atoms with Crippen LogP contribution < -0.4 is 20.7 Å². The first-order valence-electron chi connectivity index (χ1n) is 15.0. The molecule has 0 aliphatic carbocycles. The summed E-state index contributed by atoms with van der Waals surface area (Å²) in [5.74, 6) is 0. The Morgan fingerprint density at radius 1 is 0.409 bits per heavy atom. The van der Waals surface area contributed by atoms with Gasteiger partial charge in [-0.15, -0.1) is 11.3 Å². The molecule has 0 fully saturated rings. The van der Waals surface area contributed by atoms with Gasteiger partial charge in [0.15, 0.2) is 8.07 Å². The molecule has 0 aliphatic rings. The predicted molar refractivity (Wildman–Crippen MR) is 192 cm³/mol. The standard InChI is InChI=1S/C41H29NSSi/c1-4-16-30(17-5-1)44(31-18-6-2-7-19-31,32-20-8-3-9-21-32)39-27-15-13-24-35(39)33-22-10-11-25-36(33)40-41-37(28-29-42-40)34-23-12-14-26-38(34)43-41/h1-29H. The summed E-state index contributed by atoms with van der Waals surface area (Å²) in [7, 11) is -2.75. The van der Waals surface area contributed by atoms with E-state index < -0.39 is 8.07 Å². The van der Waals surface area contributed by atoms with E-state index in [1.807, 2.05) is 17.5 Å². The van der Waals surface area contributed by atoms with Crippen molar-refractivity contribution in [3.63, 3.8) is 0 Å². The average molecular weight is 596 g/mol. The van der Waals surface area contributed by atoms with E-state index in [9.17, 15) is 0 Å². The fraction of sp³-hybridized carbons (Fsp3) is 0. The van der Waals surface area contributed by atoms with Crippen molar-refractivity contribution in [2.75, 3.05) is 0 Å². The van der Waals surface area contributed by atoms with E-state index in [0.29, 0.717) is 0 Å². The molecule has 6 aromatic carbocycles. The van der Waals surface area contributed by atoms with Crippen LogP contribution in [0.2, 0.25) is 0 Å². The maximum Gasteiger partial charge on any atom is 0.180 e. The summed E-state index contributed by atoms with van der Waals surface area (Å²) in [4.78, 5) is 5.05. The first kappa shape index (κ1) is 26.5. The minimum absolute atomic E-state index is 1.04. The number of pyridine rings is 1. The quantitative estimate of drug-likeness (QED) is 0.140. The van der Waals surface area contributed by atoms with E-state index in [-0.39, 0.29) is 0 Å². The smallest absolute Gasteiger partial charge is 0.180 e. The summed E-state index contributed by atoms with van der Waals surface area (Å²) < 4.78 is 2.52. The van der Waals surface area contributed by atoms with Crippen molar-refractivity contribution >= 4 is 60.3 Å². The van der Waals surface area contributed by atoms with Crippen LogP contribution in [0.4, 0.5) is 0 Å². The number of benzene rings is 6. The molecule has 0 N–H and O–H groups in total. The monoisotopic (exact) mass is 595 g/mol. The number of hydrogen-bond donors (Lipinski definition) is 0. The number of thiophene rings is 1. The Bertz CT molecular complexity index is 2130. The van der Waals surface area contributed by atoms with Crippen LogP contribution in [0.5, 0.6) is 0 Å². The van der Waals surface area contributed by atoms with Gasteiger partial charge in [0, 0.05) is 27.2 Å². The van der Waals surface area contributed by atoms with Crippen LogP contribution in [-0.2, 0) is 0 Å². The molecule has 1 nitrogen and oxygen atoms in total. The molecule has 0 radical (unpaired) electrons. The van der Waals surface area contributed by atoms with Crippen molar-refractivity contribution in [2.45, 2.75) is 0 Å². The summed E-state index contributed by atoms with van der Waals surface area (Å²) in [5.41, 5.74) is 4.67. The van der Waals surface area contributed by atoms with Gasteiger partial charge in [-0.25, -0.2) is 0 Å². The molecule has 0 saturated heterocycles. The Kier molecular flexibility index (Phi) is 6.75. The van der Waals surface area contributed by atoms with Gasteiger partial charge in [0.1, 0.15) is 0 Å². The fourth-order valence-corrected chi connectivity index (χ4v) is 13.0. The Balaban J connectivity index is 1.46. The minimum atomic E-state index is -2.75. The number of rotatable bonds is 6. The minimum Gasteiger partial charge on any atom is -0.255 e. The second-order valence-electron chi connectivity index (χ2n) is 11.1. The highest BCUT2D eigenvalue weighted by Crippen LogP contribution is 2.41. The zero-order chi connectivity index (χ0) is 29.3. The molecule has 0 saturated carbocycles. The Labute approximate surface area is 262 Å².